The van der Waals surface area contributed by atoms with Crippen LogP contribution >= 0.6 is 15.9 Å². The molecule has 0 radical (unpaired) electrons. The third-order valence-corrected chi connectivity index (χ3v) is 3.33. The minimum atomic E-state index is -4.53. The third-order valence-electron chi connectivity index (χ3n) is 2.84. The number of benzene rings is 1. The first kappa shape index (κ1) is 17.0. The number of hydrogen-bond donors (Lipinski definition) is 2. The molecule has 0 spiro atoms. The standard InChI is InChI=1S/C13H16BrF3N2O/c1-2-3-8(7-18)12(20)19-11-5-4-9(14)6-10(11)13(15,16)17/h4-6,8H,2-3,7,18H2,1H3,(H,19,20). The number of carbonyl (C=O) groups excluding carboxylic acids is 1. The van der Waals surface area contributed by atoms with Crippen molar-refractivity contribution >= 4 is 27.5 Å². The zero-order valence-corrected chi connectivity index (χ0v) is 12.5. The van der Waals surface area contributed by atoms with Crippen molar-refractivity contribution in [2.75, 3.05) is 11.9 Å². The monoisotopic (exact) mass is 352 g/mol. The maximum absolute atomic E-state index is 12.9. The predicted molar refractivity (Wildman–Crippen MR) is 75.2 cm³/mol. The van der Waals surface area contributed by atoms with Crippen molar-refractivity contribution in [3.8, 4) is 0 Å². The first-order valence-electron chi connectivity index (χ1n) is 6.17. The molecule has 1 atom stereocenters. The van der Waals surface area contributed by atoms with Crippen molar-refractivity contribution in [2.24, 2.45) is 11.7 Å². The highest BCUT2D eigenvalue weighted by molar-refractivity contribution is 9.10. The average Bonchev–Trinajstić information content (AvgIpc) is 2.36. The molecule has 3 N–H and O–H groups in total. The summed E-state index contributed by atoms with van der Waals surface area (Å²) in [7, 11) is 0. The fourth-order valence-electron chi connectivity index (χ4n) is 1.80. The number of halogens is 4. The van der Waals surface area contributed by atoms with E-state index in [0.717, 1.165) is 12.5 Å². The van der Waals surface area contributed by atoms with Crippen molar-refractivity contribution in [1.29, 1.82) is 0 Å². The van der Waals surface area contributed by atoms with Crippen molar-refractivity contribution in [3.05, 3.63) is 28.2 Å². The highest BCUT2D eigenvalue weighted by atomic mass is 79.9. The van der Waals surface area contributed by atoms with E-state index < -0.39 is 23.6 Å². The van der Waals surface area contributed by atoms with Gasteiger partial charge in [0.25, 0.3) is 0 Å². The van der Waals surface area contributed by atoms with Crippen LogP contribution in [-0.4, -0.2) is 12.5 Å². The summed E-state index contributed by atoms with van der Waals surface area (Å²) < 4.78 is 39.0. The fraction of sp³-hybridized carbons (Fsp3) is 0.462. The first-order valence-corrected chi connectivity index (χ1v) is 6.96. The summed E-state index contributed by atoms with van der Waals surface area (Å²) in [6, 6.07) is 3.61. The molecule has 112 valence electrons. The number of nitrogens with two attached hydrogens (primary N) is 1. The van der Waals surface area contributed by atoms with Gasteiger partial charge in [0.1, 0.15) is 0 Å². The van der Waals surface area contributed by atoms with Crippen LogP contribution in [0.5, 0.6) is 0 Å². The molecule has 1 unspecified atom stereocenters. The quantitative estimate of drug-likeness (QED) is 0.847. The SMILES string of the molecule is CCCC(CN)C(=O)Nc1ccc(Br)cc1C(F)(F)F. The highest BCUT2D eigenvalue weighted by Crippen LogP contribution is 2.36. The Balaban J connectivity index is 3.00. The number of carbonyl (C=O) groups is 1. The van der Waals surface area contributed by atoms with E-state index in [4.69, 9.17) is 5.73 Å². The van der Waals surface area contributed by atoms with Crippen LogP contribution in [0.15, 0.2) is 22.7 Å². The number of rotatable bonds is 5. The summed E-state index contributed by atoms with van der Waals surface area (Å²) in [5.41, 5.74) is 4.34. The Labute approximate surface area is 123 Å². The van der Waals surface area contributed by atoms with Crippen molar-refractivity contribution in [3.63, 3.8) is 0 Å². The summed E-state index contributed by atoms with van der Waals surface area (Å²) in [4.78, 5) is 11.9. The third kappa shape index (κ3) is 4.49. The van der Waals surface area contributed by atoms with Gasteiger partial charge in [0.2, 0.25) is 5.91 Å². The minimum Gasteiger partial charge on any atom is -0.330 e. The fourth-order valence-corrected chi connectivity index (χ4v) is 2.16. The Morgan fingerprint density at radius 1 is 1.45 bits per heavy atom. The highest BCUT2D eigenvalue weighted by Gasteiger charge is 2.34. The second-order valence-corrected chi connectivity index (χ2v) is 5.31. The number of anilines is 1. The maximum atomic E-state index is 12.9. The molecule has 0 aromatic heterocycles. The molecular weight excluding hydrogens is 337 g/mol. The number of hydrogen-bond acceptors (Lipinski definition) is 2. The van der Waals surface area contributed by atoms with Crippen LogP contribution in [-0.2, 0) is 11.0 Å². The van der Waals surface area contributed by atoms with Crippen molar-refractivity contribution < 1.29 is 18.0 Å². The Morgan fingerprint density at radius 2 is 2.10 bits per heavy atom. The molecule has 1 rings (SSSR count). The van der Waals surface area contributed by atoms with E-state index in [2.05, 4.69) is 21.2 Å². The van der Waals surface area contributed by atoms with Gasteiger partial charge in [0.05, 0.1) is 17.2 Å². The molecule has 1 aromatic rings. The molecule has 0 fully saturated rings. The van der Waals surface area contributed by atoms with E-state index in [1.165, 1.54) is 12.1 Å². The lowest BCUT2D eigenvalue weighted by atomic mass is 10.0. The lowest BCUT2D eigenvalue weighted by Gasteiger charge is -2.17. The lowest BCUT2D eigenvalue weighted by molar-refractivity contribution is -0.137. The molecule has 0 bridgehead atoms. The van der Waals surface area contributed by atoms with Gasteiger partial charge in [-0.1, -0.05) is 29.3 Å². The molecular formula is C13H16BrF3N2O. The molecule has 0 saturated carbocycles. The van der Waals surface area contributed by atoms with Crippen molar-refractivity contribution in [1.82, 2.24) is 0 Å². The summed E-state index contributed by atoms with van der Waals surface area (Å²) in [5.74, 6) is -0.966. The van der Waals surface area contributed by atoms with Crippen LogP contribution in [0.1, 0.15) is 25.3 Å². The predicted octanol–water partition coefficient (Wildman–Crippen LogP) is 3.78. The van der Waals surface area contributed by atoms with Gasteiger partial charge in [0, 0.05) is 11.0 Å². The van der Waals surface area contributed by atoms with E-state index in [9.17, 15) is 18.0 Å². The first-order chi connectivity index (χ1) is 9.29. The number of alkyl halides is 3. The Bertz CT molecular complexity index is 477. The van der Waals surface area contributed by atoms with Gasteiger partial charge in [-0.2, -0.15) is 13.2 Å². The zero-order valence-electron chi connectivity index (χ0n) is 10.9. The molecule has 0 aliphatic heterocycles. The summed E-state index contributed by atoms with van der Waals surface area (Å²) in [6.07, 6.45) is -3.25. The molecule has 3 nitrogen and oxygen atoms in total. The van der Waals surface area contributed by atoms with Crippen LogP contribution in [0.4, 0.5) is 18.9 Å². The van der Waals surface area contributed by atoms with Gasteiger partial charge in [0.15, 0.2) is 0 Å². The van der Waals surface area contributed by atoms with Crippen molar-refractivity contribution in [2.45, 2.75) is 25.9 Å². The van der Waals surface area contributed by atoms with Gasteiger partial charge in [-0.15, -0.1) is 0 Å². The Hall–Kier alpha value is -1.08. The zero-order chi connectivity index (χ0) is 15.3. The van der Waals surface area contributed by atoms with Crippen LogP contribution in [0, 0.1) is 5.92 Å². The number of nitrogens with one attached hydrogen (secondary N) is 1. The molecule has 0 aliphatic rings. The molecule has 7 heteroatoms. The lowest BCUT2D eigenvalue weighted by Crippen LogP contribution is -2.30. The minimum absolute atomic E-state index is 0.109. The largest absolute Gasteiger partial charge is 0.418 e. The van der Waals surface area contributed by atoms with Gasteiger partial charge < -0.3 is 11.1 Å². The maximum Gasteiger partial charge on any atom is 0.418 e. The molecule has 0 heterocycles. The molecule has 0 aliphatic carbocycles. The topological polar surface area (TPSA) is 55.1 Å². The smallest absolute Gasteiger partial charge is 0.330 e. The number of amides is 1. The van der Waals surface area contributed by atoms with E-state index in [1.54, 1.807) is 0 Å². The summed E-state index contributed by atoms with van der Waals surface area (Å²) in [6.45, 7) is 1.99. The van der Waals surface area contributed by atoms with Crippen LogP contribution in [0.2, 0.25) is 0 Å². The average molecular weight is 353 g/mol. The van der Waals surface area contributed by atoms with Crippen LogP contribution in [0.25, 0.3) is 0 Å². The second kappa shape index (κ2) is 7.08. The van der Waals surface area contributed by atoms with Gasteiger partial charge in [-0.3, -0.25) is 4.79 Å². The Kier molecular flexibility index (Phi) is 6.01. The van der Waals surface area contributed by atoms with E-state index in [0.29, 0.717) is 10.9 Å². The van der Waals surface area contributed by atoms with E-state index >= 15 is 0 Å². The van der Waals surface area contributed by atoms with E-state index in [1.807, 2.05) is 6.92 Å². The van der Waals surface area contributed by atoms with Gasteiger partial charge >= 0.3 is 6.18 Å². The molecule has 1 aromatic carbocycles. The molecule has 0 saturated heterocycles. The summed E-state index contributed by atoms with van der Waals surface area (Å²) in [5, 5.41) is 2.32. The summed E-state index contributed by atoms with van der Waals surface area (Å²) >= 11 is 2.99. The van der Waals surface area contributed by atoms with E-state index in [-0.39, 0.29) is 12.2 Å². The Morgan fingerprint density at radius 3 is 2.60 bits per heavy atom. The molecule has 1 amide bonds. The normalized spacial score (nSPS) is 13.1. The van der Waals surface area contributed by atoms with Gasteiger partial charge in [-0.25, -0.2) is 0 Å². The van der Waals surface area contributed by atoms with Gasteiger partial charge in [-0.05, 0) is 24.6 Å². The van der Waals surface area contributed by atoms with Crippen LogP contribution < -0.4 is 11.1 Å². The second-order valence-electron chi connectivity index (χ2n) is 4.40. The molecule has 20 heavy (non-hydrogen) atoms. The van der Waals surface area contributed by atoms with Crippen LogP contribution in [0.3, 0.4) is 0 Å².